The number of ether oxygens (including phenoxy) is 1. The number of aromatic amines is 1. The van der Waals surface area contributed by atoms with Crippen molar-refractivity contribution in [2.75, 3.05) is 0 Å². The molecule has 0 saturated heterocycles. The molecule has 2 aromatic heterocycles. The van der Waals surface area contributed by atoms with E-state index in [4.69, 9.17) is 15.0 Å². The van der Waals surface area contributed by atoms with Crippen molar-refractivity contribution >= 4 is 27.8 Å². The fraction of sp³-hybridized carbons (Fsp3) is 0.114. The number of hydrogen-bond acceptors (Lipinski definition) is 4. The number of rotatable bonds is 7. The summed E-state index contributed by atoms with van der Waals surface area (Å²) in [5.41, 5.74) is 8.89. The minimum absolute atomic E-state index is 0.257. The number of hydrogen-bond donors (Lipinski definition) is 1. The molecule has 0 spiro atoms. The highest BCUT2D eigenvalue weighted by Gasteiger charge is 2.16. The zero-order chi connectivity index (χ0) is 27.5. The highest BCUT2D eigenvalue weighted by atomic mass is 16.5. The number of H-pyrrole nitrogens is 1. The number of aromatic nitrogens is 2. The number of aryl methyl sites for hydroxylation is 2. The van der Waals surface area contributed by atoms with Gasteiger partial charge in [-0.1, -0.05) is 60.2 Å². The molecular formula is C35H27N3O2. The molecule has 0 aliphatic rings. The van der Waals surface area contributed by atoms with Gasteiger partial charge in [-0.3, -0.25) is 4.79 Å². The van der Waals surface area contributed by atoms with Crippen LogP contribution in [0.15, 0.2) is 103 Å². The average molecular weight is 522 g/mol. The molecule has 194 valence electrons. The summed E-state index contributed by atoms with van der Waals surface area (Å²) in [5.74, 6) is 0.263. The van der Waals surface area contributed by atoms with Crippen LogP contribution in [-0.2, 0) is 11.2 Å². The fourth-order valence-corrected chi connectivity index (χ4v) is 5.09. The first kappa shape index (κ1) is 25.1. The van der Waals surface area contributed by atoms with Crippen molar-refractivity contribution in [3.05, 3.63) is 120 Å². The van der Waals surface area contributed by atoms with Gasteiger partial charge in [-0.05, 0) is 85.0 Å². The molecule has 5 heteroatoms. The zero-order valence-corrected chi connectivity index (χ0v) is 22.1. The summed E-state index contributed by atoms with van der Waals surface area (Å²) in [7, 11) is 0. The van der Waals surface area contributed by atoms with E-state index in [2.05, 4.69) is 54.4 Å². The van der Waals surface area contributed by atoms with E-state index in [1.807, 2.05) is 42.5 Å². The molecule has 0 amide bonds. The quantitative estimate of drug-likeness (QED) is 0.170. The van der Waals surface area contributed by atoms with Crippen LogP contribution in [0.25, 0.3) is 44.3 Å². The Morgan fingerprint density at radius 2 is 1.65 bits per heavy atom. The Kier molecular flexibility index (Phi) is 6.82. The number of nitriles is 1. The SMILES string of the molecule is Cc1ccc2[nH]c(-c3ccc4ccccc4n3)c(CCCC(=O)Oc3ccc(-c4ccc(C#N)cc4)cc3)c2c1. The third-order valence-electron chi connectivity index (χ3n) is 7.16. The second kappa shape index (κ2) is 10.9. The summed E-state index contributed by atoms with van der Waals surface area (Å²) < 4.78 is 5.63. The molecule has 0 aliphatic heterocycles. The zero-order valence-electron chi connectivity index (χ0n) is 22.1. The van der Waals surface area contributed by atoms with Gasteiger partial charge in [0.2, 0.25) is 0 Å². The lowest BCUT2D eigenvalue weighted by atomic mass is 10.0. The Balaban J connectivity index is 1.16. The number of carbonyl (C=O) groups excluding carboxylic acids is 1. The number of para-hydroxylation sites is 1. The van der Waals surface area contributed by atoms with E-state index in [9.17, 15) is 4.79 Å². The summed E-state index contributed by atoms with van der Waals surface area (Å²) in [4.78, 5) is 21.2. The molecule has 0 fully saturated rings. The first-order chi connectivity index (χ1) is 19.6. The predicted octanol–water partition coefficient (Wildman–Crippen LogP) is 8.16. The molecule has 0 saturated carbocycles. The molecular weight excluding hydrogens is 494 g/mol. The number of nitrogens with one attached hydrogen (secondary N) is 1. The van der Waals surface area contributed by atoms with Crippen molar-refractivity contribution in [2.24, 2.45) is 0 Å². The van der Waals surface area contributed by atoms with Crippen LogP contribution in [-0.4, -0.2) is 15.9 Å². The lowest BCUT2D eigenvalue weighted by Crippen LogP contribution is -2.08. The van der Waals surface area contributed by atoms with Gasteiger partial charge in [0.25, 0.3) is 0 Å². The Bertz CT molecular complexity index is 1880. The van der Waals surface area contributed by atoms with Crippen LogP contribution in [0.3, 0.4) is 0 Å². The van der Waals surface area contributed by atoms with Gasteiger partial charge in [0, 0.05) is 22.7 Å². The van der Waals surface area contributed by atoms with Crippen LogP contribution < -0.4 is 4.74 Å². The lowest BCUT2D eigenvalue weighted by molar-refractivity contribution is -0.134. The van der Waals surface area contributed by atoms with Gasteiger partial charge >= 0.3 is 5.97 Å². The van der Waals surface area contributed by atoms with Crippen LogP contribution in [0.4, 0.5) is 0 Å². The first-order valence-electron chi connectivity index (χ1n) is 13.4. The van der Waals surface area contributed by atoms with Gasteiger partial charge in [-0.25, -0.2) is 4.98 Å². The molecule has 4 aromatic carbocycles. The second-order valence-electron chi connectivity index (χ2n) is 9.96. The topological polar surface area (TPSA) is 78.8 Å². The van der Waals surface area contributed by atoms with Crippen molar-refractivity contribution in [1.82, 2.24) is 9.97 Å². The van der Waals surface area contributed by atoms with E-state index in [-0.39, 0.29) is 5.97 Å². The lowest BCUT2D eigenvalue weighted by Gasteiger charge is -2.08. The normalized spacial score (nSPS) is 11.0. The van der Waals surface area contributed by atoms with Gasteiger partial charge in [0.05, 0.1) is 28.5 Å². The highest BCUT2D eigenvalue weighted by Crippen LogP contribution is 2.32. The van der Waals surface area contributed by atoms with Crippen molar-refractivity contribution in [2.45, 2.75) is 26.2 Å². The highest BCUT2D eigenvalue weighted by molar-refractivity contribution is 5.92. The molecule has 0 unspecified atom stereocenters. The van der Waals surface area contributed by atoms with Gasteiger partial charge < -0.3 is 9.72 Å². The summed E-state index contributed by atoms with van der Waals surface area (Å²) in [6, 6.07) is 35.6. The minimum Gasteiger partial charge on any atom is -0.427 e. The summed E-state index contributed by atoms with van der Waals surface area (Å²) >= 11 is 0. The molecule has 0 bridgehead atoms. The van der Waals surface area contributed by atoms with Crippen molar-refractivity contribution < 1.29 is 9.53 Å². The second-order valence-corrected chi connectivity index (χ2v) is 9.96. The van der Waals surface area contributed by atoms with Crippen molar-refractivity contribution in [1.29, 1.82) is 5.26 Å². The number of esters is 1. The maximum absolute atomic E-state index is 12.7. The summed E-state index contributed by atoms with van der Waals surface area (Å²) in [5, 5.41) is 11.3. The van der Waals surface area contributed by atoms with Gasteiger partial charge in [-0.15, -0.1) is 0 Å². The number of pyridine rings is 1. The average Bonchev–Trinajstić information content (AvgIpc) is 3.35. The standard InChI is InChI=1S/C35H27N3O2/c1-23-9-19-32-30(21-23)29(35(38-32)33-20-16-27-5-2-3-7-31(27)37-33)6-4-8-34(39)40-28-17-14-26(15-18-28)25-12-10-24(22-36)11-13-25/h2-3,5,7,9-21,38H,4,6,8H2,1H3. The third-order valence-corrected chi connectivity index (χ3v) is 7.16. The fourth-order valence-electron chi connectivity index (χ4n) is 5.09. The monoisotopic (exact) mass is 521 g/mol. The number of nitrogens with zero attached hydrogens (tertiary/aromatic N) is 2. The molecule has 0 atom stereocenters. The van der Waals surface area contributed by atoms with E-state index in [0.717, 1.165) is 50.7 Å². The van der Waals surface area contributed by atoms with Crippen molar-refractivity contribution in [3.8, 4) is 34.3 Å². The van der Waals surface area contributed by atoms with E-state index < -0.39 is 0 Å². The summed E-state index contributed by atoms with van der Waals surface area (Å²) in [6.45, 7) is 2.09. The van der Waals surface area contributed by atoms with E-state index >= 15 is 0 Å². The molecule has 0 aliphatic carbocycles. The van der Waals surface area contributed by atoms with Gasteiger partial charge in [-0.2, -0.15) is 5.26 Å². The molecule has 40 heavy (non-hydrogen) atoms. The molecule has 0 radical (unpaired) electrons. The van der Waals surface area contributed by atoms with E-state index in [1.54, 1.807) is 24.3 Å². The van der Waals surface area contributed by atoms with Gasteiger partial charge in [0.1, 0.15) is 5.75 Å². The Labute approximate surface area is 232 Å². The Hall–Kier alpha value is -5.21. The van der Waals surface area contributed by atoms with Gasteiger partial charge in [0.15, 0.2) is 0 Å². The van der Waals surface area contributed by atoms with Crippen LogP contribution >= 0.6 is 0 Å². The maximum Gasteiger partial charge on any atom is 0.311 e. The number of fused-ring (bicyclic) bond motifs is 2. The number of carbonyl (C=O) groups is 1. The summed E-state index contributed by atoms with van der Waals surface area (Å²) in [6.07, 6.45) is 1.68. The Morgan fingerprint density at radius 1 is 0.900 bits per heavy atom. The first-order valence-corrected chi connectivity index (χ1v) is 13.4. The largest absolute Gasteiger partial charge is 0.427 e. The third kappa shape index (κ3) is 5.21. The molecule has 2 heterocycles. The minimum atomic E-state index is -0.257. The van der Waals surface area contributed by atoms with Crippen LogP contribution in [0.5, 0.6) is 5.75 Å². The molecule has 6 aromatic rings. The Morgan fingerprint density at radius 3 is 2.42 bits per heavy atom. The van der Waals surface area contributed by atoms with E-state index in [1.165, 1.54) is 11.1 Å². The van der Waals surface area contributed by atoms with Crippen molar-refractivity contribution in [3.63, 3.8) is 0 Å². The smallest absolute Gasteiger partial charge is 0.311 e. The predicted molar refractivity (Wildman–Crippen MR) is 159 cm³/mol. The maximum atomic E-state index is 12.7. The van der Waals surface area contributed by atoms with Crippen LogP contribution in [0.1, 0.15) is 29.5 Å². The molecule has 1 N–H and O–H groups in total. The molecule has 6 rings (SSSR count). The van der Waals surface area contributed by atoms with Crippen LogP contribution in [0, 0.1) is 18.3 Å². The van der Waals surface area contributed by atoms with Crippen LogP contribution in [0.2, 0.25) is 0 Å². The molecule has 5 nitrogen and oxygen atoms in total. The number of benzene rings is 4. The van der Waals surface area contributed by atoms with E-state index in [0.29, 0.717) is 24.2 Å².